The molecule has 0 amide bonds. The third-order valence-electron chi connectivity index (χ3n) is 1.82. The minimum absolute atomic E-state index is 0.216. The zero-order valence-electron chi connectivity index (χ0n) is 8.03. The lowest BCUT2D eigenvalue weighted by Crippen LogP contribution is -2.15. The summed E-state index contributed by atoms with van der Waals surface area (Å²) in [7, 11) is -0.182. The van der Waals surface area contributed by atoms with E-state index >= 15 is 0 Å². The smallest absolute Gasteiger partial charge is 0.258 e. The number of nitro groups is 1. The van der Waals surface area contributed by atoms with Gasteiger partial charge in [-0.2, -0.15) is 17.6 Å². The summed E-state index contributed by atoms with van der Waals surface area (Å²) in [6.07, 6.45) is -5.44. The van der Waals surface area contributed by atoms with Crippen molar-refractivity contribution in [2.75, 3.05) is 0 Å². The van der Waals surface area contributed by atoms with E-state index in [1.165, 1.54) is 0 Å². The molecule has 0 spiro atoms. The van der Waals surface area contributed by atoms with Gasteiger partial charge in [-0.1, -0.05) is 0 Å². The van der Waals surface area contributed by atoms with E-state index in [4.69, 9.17) is 10.7 Å². The van der Waals surface area contributed by atoms with Gasteiger partial charge in [0.1, 0.15) is 4.90 Å². The van der Waals surface area contributed by atoms with Gasteiger partial charge in [0, 0.05) is 10.7 Å². The van der Waals surface area contributed by atoms with Crippen LogP contribution in [-0.4, -0.2) is 13.3 Å². The van der Waals surface area contributed by atoms with Crippen LogP contribution < -0.4 is 0 Å². The first-order valence-electron chi connectivity index (χ1n) is 3.95. The van der Waals surface area contributed by atoms with Crippen LogP contribution in [-0.2, 0) is 15.2 Å². The Bertz CT molecular complexity index is 613. The topological polar surface area (TPSA) is 77.3 Å². The summed E-state index contributed by atoms with van der Waals surface area (Å²) in [4.78, 5) is 7.17. The van der Waals surface area contributed by atoms with Crippen LogP contribution in [0.1, 0.15) is 5.56 Å². The molecule has 1 aromatic carbocycles. The van der Waals surface area contributed by atoms with Crippen molar-refractivity contribution >= 4 is 25.4 Å². The average Bonchev–Trinajstić information content (AvgIpc) is 2.12. The maximum atomic E-state index is 13.0. The minimum Gasteiger partial charge on any atom is -0.258 e. The summed E-state index contributed by atoms with van der Waals surface area (Å²) in [5.41, 5.74) is -4.22. The molecule has 0 radical (unpaired) electrons. The lowest BCUT2D eigenvalue weighted by molar-refractivity contribution is -0.391. The monoisotopic (exact) mass is 307 g/mol. The van der Waals surface area contributed by atoms with E-state index in [-0.39, 0.29) is 12.1 Å². The minimum atomic E-state index is -5.44. The van der Waals surface area contributed by atoms with Gasteiger partial charge >= 0.3 is 11.9 Å². The highest BCUT2D eigenvalue weighted by Crippen LogP contribution is 2.42. The van der Waals surface area contributed by atoms with E-state index in [1.54, 1.807) is 0 Å². The highest BCUT2D eigenvalue weighted by atomic mass is 35.7. The van der Waals surface area contributed by atoms with Crippen LogP contribution in [0.4, 0.5) is 23.2 Å². The number of hydrogen-bond donors (Lipinski definition) is 0. The van der Waals surface area contributed by atoms with Gasteiger partial charge in [-0.05, 0) is 12.1 Å². The molecule has 5 nitrogen and oxygen atoms in total. The second-order valence-electron chi connectivity index (χ2n) is 2.96. The molecule has 0 aliphatic heterocycles. The Morgan fingerprint density at radius 3 is 2.11 bits per heavy atom. The predicted octanol–water partition coefficient (Wildman–Crippen LogP) is 2.68. The second-order valence-corrected chi connectivity index (χ2v) is 5.50. The highest BCUT2D eigenvalue weighted by molar-refractivity contribution is 8.13. The Kier molecular flexibility index (Phi) is 3.54. The number of halogens is 5. The predicted molar refractivity (Wildman–Crippen MR) is 51.1 cm³/mol. The van der Waals surface area contributed by atoms with Crippen molar-refractivity contribution in [1.82, 2.24) is 0 Å². The van der Waals surface area contributed by atoms with E-state index < -0.39 is 42.1 Å². The van der Waals surface area contributed by atoms with Crippen LogP contribution in [0.2, 0.25) is 0 Å². The molecule has 0 aliphatic rings. The molecule has 0 aromatic heterocycles. The molecule has 0 saturated heterocycles. The van der Waals surface area contributed by atoms with Gasteiger partial charge in [-0.25, -0.2) is 8.42 Å². The number of nitro benzene ring substituents is 1. The van der Waals surface area contributed by atoms with Crippen LogP contribution in [0, 0.1) is 15.9 Å². The zero-order chi connectivity index (χ0) is 14.3. The quantitative estimate of drug-likeness (QED) is 0.364. The number of benzene rings is 1. The molecule has 100 valence electrons. The zero-order valence-corrected chi connectivity index (χ0v) is 9.61. The van der Waals surface area contributed by atoms with Crippen LogP contribution >= 0.6 is 10.7 Å². The number of hydrogen-bond acceptors (Lipinski definition) is 4. The highest BCUT2D eigenvalue weighted by Gasteiger charge is 2.45. The van der Waals surface area contributed by atoms with Crippen molar-refractivity contribution in [2.24, 2.45) is 0 Å². The molecule has 11 heteroatoms. The number of nitrogens with zero attached hydrogens (tertiary/aromatic N) is 1. The molecular weight excluding hydrogens is 306 g/mol. The lowest BCUT2D eigenvalue weighted by atomic mass is 10.1. The standard InChI is InChI=1S/C7H2ClF4NO4S/c8-18(16,17)4-2-1-3(9)6(13(14)15)5(4)7(10,11)12/h1-2H. The van der Waals surface area contributed by atoms with Crippen molar-refractivity contribution in [2.45, 2.75) is 11.1 Å². The van der Waals surface area contributed by atoms with Gasteiger partial charge in [-0.15, -0.1) is 0 Å². The fraction of sp³-hybridized carbons (Fsp3) is 0.143. The van der Waals surface area contributed by atoms with Gasteiger partial charge in [0.25, 0.3) is 9.05 Å². The summed E-state index contributed by atoms with van der Waals surface area (Å²) < 4.78 is 72.6. The van der Waals surface area contributed by atoms with Crippen molar-refractivity contribution < 1.29 is 30.9 Å². The first kappa shape index (κ1) is 14.6. The lowest BCUT2D eigenvalue weighted by Gasteiger charge is -2.11. The molecule has 0 atom stereocenters. The molecule has 1 aromatic rings. The van der Waals surface area contributed by atoms with E-state index in [0.717, 1.165) is 0 Å². The van der Waals surface area contributed by atoms with Gasteiger partial charge in [0.15, 0.2) is 5.56 Å². The van der Waals surface area contributed by atoms with Gasteiger partial charge in [0.05, 0.1) is 4.92 Å². The average molecular weight is 308 g/mol. The third-order valence-corrected chi connectivity index (χ3v) is 3.18. The van der Waals surface area contributed by atoms with E-state index in [2.05, 4.69) is 0 Å². The summed E-state index contributed by atoms with van der Waals surface area (Å²) in [5.74, 6) is -1.81. The molecule has 0 fully saturated rings. The molecule has 0 N–H and O–H groups in total. The first-order valence-corrected chi connectivity index (χ1v) is 6.26. The molecule has 0 aliphatic carbocycles. The Morgan fingerprint density at radius 1 is 1.28 bits per heavy atom. The summed E-state index contributed by atoms with van der Waals surface area (Å²) in [6, 6.07) is 0.441. The Labute approximate surface area is 102 Å². The van der Waals surface area contributed by atoms with Crippen LogP contribution in [0.15, 0.2) is 17.0 Å². The number of rotatable bonds is 2. The van der Waals surface area contributed by atoms with Crippen LogP contribution in [0.3, 0.4) is 0 Å². The second kappa shape index (κ2) is 4.35. The fourth-order valence-corrected chi connectivity index (χ4v) is 2.28. The largest absolute Gasteiger partial charge is 0.424 e. The maximum Gasteiger partial charge on any atom is 0.424 e. The van der Waals surface area contributed by atoms with Crippen molar-refractivity contribution in [3.05, 3.63) is 33.6 Å². The molecule has 0 bridgehead atoms. The summed E-state index contributed by atoms with van der Waals surface area (Å²) >= 11 is 0. The van der Waals surface area contributed by atoms with Crippen molar-refractivity contribution in [1.29, 1.82) is 0 Å². The third kappa shape index (κ3) is 2.70. The van der Waals surface area contributed by atoms with E-state index in [0.29, 0.717) is 0 Å². The first-order chi connectivity index (χ1) is 7.96. The number of alkyl halides is 3. The van der Waals surface area contributed by atoms with E-state index in [1.807, 2.05) is 0 Å². The molecule has 0 saturated carbocycles. The van der Waals surface area contributed by atoms with Crippen LogP contribution in [0.5, 0.6) is 0 Å². The molecule has 0 heterocycles. The van der Waals surface area contributed by atoms with Gasteiger partial charge < -0.3 is 0 Å². The molecule has 18 heavy (non-hydrogen) atoms. The Balaban J connectivity index is 3.90. The van der Waals surface area contributed by atoms with Gasteiger partial charge in [0.2, 0.25) is 5.82 Å². The SMILES string of the molecule is O=[N+]([O-])c1c(F)ccc(S(=O)(=O)Cl)c1C(F)(F)F. The van der Waals surface area contributed by atoms with Crippen molar-refractivity contribution in [3.8, 4) is 0 Å². The van der Waals surface area contributed by atoms with Crippen LogP contribution in [0.25, 0.3) is 0 Å². The van der Waals surface area contributed by atoms with E-state index in [9.17, 15) is 36.1 Å². The fourth-order valence-electron chi connectivity index (χ4n) is 1.20. The normalized spacial score (nSPS) is 12.5. The summed E-state index contributed by atoms with van der Waals surface area (Å²) in [5, 5.41) is 10.4. The summed E-state index contributed by atoms with van der Waals surface area (Å²) in [6.45, 7) is 0. The maximum absolute atomic E-state index is 13.0. The Morgan fingerprint density at radius 2 is 1.78 bits per heavy atom. The molecular formula is C7H2ClF4NO4S. The van der Waals surface area contributed by atoms with Gasteiger partial charge in [-0.3, -0.25) is 10.1 Å². The van der Waals surface area contributed by atoms with Crippen molar-refractivity contribution in [3.63, 3.8) is 0 Å². The molecule has 1 rings (SSSR count). The molecule has 0 unspecified atom stereocenters. The Hall–Kier alpha value is -1.42.